The van der Waals surface area contributed by atoms with Crippen molar-refractivity contribution in [1.82, 2.24) is 15.1 Å². The average molecular weight is 554 g/mol. The third kappa shape index (κ3) is 6.00. The van der Waals surface area contributed by atoms with E-state index in [0.29, 0.717) is 35.2 Å². The van der Waals surface area contributed by atoms with Crippen LogP contribution in [0.1, 0.15) is 51.8 Å². The molecule has 5 rings (SSSR count). The molecule has 11 heteroatoms. The Hall–Kier alpha value is -4.22. The number of amides is 1. The fraction of sp³-hybridized carbons (Fsp3) is 0.241. The van der Waals surface area contributed by atoms with Crippen LogP contribution in [-0.2, 0) is 12.7 Å². The highest BCUT2D eigenvalue weighted by atomic mass is 19.4. The SMILES string of the molecule is NCc1cccc(-n2nc(C(F)(F)F)cc2C(=O)Nc2cc([C@@H](NCC3CC3)c3ccccc3O)ccc2F)c1. The second kappa shape index (κ2) is 11.1. The molecule has 0 spiro atoms. The quantitative estimate of drug-likeness (QED) is 0.204. The molecule has 1 aliphatic rings. The molecule has 7 nitrogen and oxygen atoms in total. The van der Waals surface area contributed by atoms with E-state index >= 15 is 0 Å². The number of carbonyl (C=O) groups excluding carboxylic acids is 1. The number of carbonyl (C=O) groups is 1. The Morgan fingerprint density at radius 2 is 1.85 bits per heavy atom. The Morgan fingerprint density at radius 1 is 1.07 bits per heavy atom. The van der Waals surface area contributed by atoms with Crippen molar-refractivity contribution in [1.29, 1.82) is 0 Å². The molecule has 0 bridgehead atoms. The number of nitrogens with zero attached hydrogens (tertiary/aromatic N) is 2. The number of hydrogen-bond acceptors (Lipinski definition) is 5. The van der Waals surface area contributed by atoms with Gasteiger partial charge in [0.1, 0.15) is 17.3 Å². The van der Waals surface area contributed by atoms with Crippen molar-refractivity contribution in [3.8, 4) is 11.4 Å². The lowest BCUT2D eigenvalue weighted by Crippen LogP contribution is -2.25. The summed E-state index contributed by atoms with van der Waals surface area (Å²) in [6.45, 7) is 0.813. The van der Waals surface area contributed by atoms with Gasteiger partial charge < -0.3 is 21.5 Å². The van der Waals surface area contributed by atoms with Gasteiger partial charge in [0.15, 0.2) is 5.69 Å². The van der Waals surface area contributed by atoms with Crippen LogP contribution < -0.4 is 16.4 Å². The first-order valence-electron chi connectivity index (χ1n) is 12.7. The van der Waals surface area contributed by atoms with Crippen LogP contribution in [0.2, 0.25) is 0 Å². The Morgan fingerprint density at radius 3 is 2.55 bits per heavy atom. The van der Waals surface area contributed by atoms with Crippen LogP contribution in [0.4, 0.5) is 23.2 Å². The number of para-hydroxylation sites is 1. The normalized spacial score (nSPS) is 14.2. The molecule has 1 saturated carbocycles. The molecular formula is C29H27F4N5O2. The van der Waals surface area contributed by atoms with Crippen molar-refractivity contribution >= 4 is 11.6 Å². The van der Waals surface area contributed by atoms with Crippen LogP contribution >= 0.6 is 0 Å². The van der Waals surface area contributed by atoms with E-state index in [1.54, 1.807) is 36.4 Å². The first kappa shape index (κ1) is 27.4. The maximum atomic E-state index is 14.9. The number of aromatic nitrogens is 2. The van der Waals surface area contributed by atoms with Crippen LogP contribution in [0, 0.1) is 11.7 Å². The van der Waals surface area contributed by atoms with Gasteiger partial charge in [-0.3, -0.25) is 4.79 Å². The van der Waals surface area contributed by atoms with Gasteiger partial charge in [0.2, 0.25) is 0 Å². The van der Waals surface area contributed by atoms with E-state index in [9.17, 15) is 27.5 Å². The predicted octanol–water partition coefficient (Wildman–Crippen LogP) is 5.54. The van der Waals surface area contributed by atoms with Gasteiger partial charge >= 0.3 is 6.18 Å². The average Bonchev–Trinajstić information content (AvgIpc) is 3.64. The van der Waals surface area contributed by atoms with Crippen LogP contribution in [0.5, 0.6) is 5.75 Å². The van der Waals surface area contributed by atoms with Crippen molar-refractivity contribution in [3.05, 3.63) is 107 Å². The van der Waals surface area contributed by atoms with Crippen LogP contribution in [0.15, 0.2) is 72.8 Å². The van der Waals surface area contributed by atoms with Crippen molar-refractivity contribution < 1.29 is 27.5 Å². The first-order valence-corrected chi connectivity index (χ1v) is 12.7. The second-order valence-electron chi connectivity index (χ2n) is 9.74. The largest absolute Gasteiger partial charge is 0.508 e. The lowest BCUT2D eigenvalue weighted by molar-refractivity contribution is -0.141. The molecule has 1 aliphatic carbocycles. The third-order valence-corrected chi connectivity index (χ3v) is 6.75. The van der Waals surface area contributed by atoms with Crippen molar-refractivity contribution in [3.63, 3.8) is 0 Å². The standard InChI is InChI=1S/C29H27F4N5O2/c30-22-11-10-19(27(35-16-17-8-9-17)21-6-1-2-7-25(21)39)13-23(22)36-28(40)24-14-26(29(31,32)33)37-38(24)20-5-3-4-18(12-20)15-34/h1-7,10-14,17,27,35,39H,8-9,15-16,34H2,(H,36,40)/t27-/m1/s1. The summed E-state index contributed by atoms with van der Waals surface area (Å²) in [4.78, 5) is 13.3. The van der Waals surface area contributed by atoms with Gasteiger partial charge in [-0.15, -0.1) is 0 Å². The summed E-state index contributed by atoms with van der Waals surface area (Å²) < 4.78 is 56.4. The van der Waals surface area contributed by atoms with E-state index < -0.39 is 35.3 Å². The molecule has 40 heavy (non-hydrogen) atoms. The first-order chi connectivity index (χ1) is 19.1. The summed E-state index contributed by atoms with van der Waals surface area (Å²) in [5.41, 5.74) is 5.68. The molecule has 1 amide bonds. The maximum absolute atomic E-state index is 14.9. The van der Waals surface area contributed by atoms with E-state index in [-0.39, 0.29) is 23.7 Å². The summed E-state index contributed by atoms with van der Waals surface area (Å²) in [6.07, 6.45) is -2.63. The maximum Gasteiger partial charge on any atom is 0.435 e. The Balaban J connectivity index is 1.49. The van der Waals surface area contributed by atoms with Gasteiger partial charge in [0.05, 0.1) is 17.4 Å². The Bertz CT molecular complexity index is 1530. The monoisotopic (exact) mass is 553 g/mol. The van der Waals surface area contributed by atoms with Gasteiger partial charge in [-0.05, 0) is 66.8 Å². The van der Waals surface area contributed by atoms with E-state index in [0.717, 1.165) is 17.5 Å². The topological polar surface area (TPSA) is 105 Å². The van der Waals surface area contributed by atoms with Gasteiger partial charge in [-0.2, -0.15) is 18.3 Å². The zero-order chi connectivity index (χ0) is 28.4. The highest BCUT2D eigenvalue weighted by Crippen LogP contribution is 2.34. The number of rotatable bonds is 9. The van der Waals surface area contributed by atoms with Gasteiger partial charge in [0, 0.05) is 18.2 Å². The number of aromatic hydroxyl groups is 1. The zero-order valence-electron chi connectivity index (χ0n) is 21.3. The minimum atomic E-state index is -4.81. The molecular weight excluding hydrogens is 526 g/mol. The number of nitrogens with one attached hydrogen (secondary N) is 2. The Labute approximate surface area is 227 Å². The number of anilines is 1. The molecule has 0 radical (unpaired) electrons. The zero-order valence-corrected chi connectivity index (χ0v) is 21.3. The summed E-state index contributed by atoms with van der Waals surface area (Å²) in [7, 11) is 0. The molecule has 1 heterocycles. The van der Waals surface area contributed by atoms with Crippen molar-refractivity contribution in [2.75, 3.05) is 11.9 Å². The van der Waals surface area contributed by atoms with Gasteiger partial charge in [-0.1, -0.05) is 36.4 Å². The fourth-order valence-electron chi connectivity index (χ4n) is 4.44. The van der Waals surface area contributed by atoms with E-state index in [1.165, 1.54) is 30.3 Å². The minimum Gasteiger partial charge on any atom is -0.508 e. The summed E-state index contributed by atoms with van der Waals surface area (Å²) in [6, 6.07) is 17.3. The summed E-state index contributed by atoms with van der Waals surface area (Å²) in [5.74, 6) is -1.20. The molecule has 1 atom stereocenters. The predicted molar refractivity (Wildman–Crippen MR) is 141 cm³/mol. The molecule has 4 aromatic rings. The number of benzene rings is 3. The van der Waals surface area contributed by atoms with E-state index in [4.69, 9.17) is 5.73 Å². The Kier molecular flexibility index (Phi) is 7.59. The lowest BCUT2D eigenvalue weighted by Gasteiger charge is -2.22. The molecule has 0 aliphatic heterocycles. The van der Waals surface area contributed by atoms with Crippen LogP contribution in [-0.4, -0.2) is 27.3 Å². The molecule has 208 valence electrons. The third-order valence-electron chi connectivity index (χ3n) is 6.75. The van der Waals surface area contributed by atoms with Gasteiger partial charge in [-0.25, -0.2) is 9.07 Å². The van der Waals surface area contributed by atoms with Crippen molar-refractivity contribution in [2.24, 2.45) is 11.7 Å². The lowest BCUT2D eigenvalue weighted by atomic mass is 9.97. The molecule has 3 aromatic carbocycles. The number of alkyl halides is 3. The summed E-state index contributed by atoms with van der Waals surface area (Å²) >= 11 is 0. The molecule has 0 saturated heterocycles. The molecule has 1 aromatic heterocycles. The number of hydrogen-bond donors (Lipinski definition) is 4. The number of phenolic OH excluding ortho intramolecular Hbond substituents is 1. The minimum absolute atomic E-state index is 0.0500. The smallest absolute Gasteiger partial charge is 0.435 e. The second-order valence-corrected chi connectivity index (χ2v) is 9.74. The fourth-order valence-corrected chi connectivity index (χ4v) is 4.44. The van der Waals surface area contributed by atoms with Gasteiger partial charge in [0.25, 0.3) is 5.91 Å². The number of phenols is 1. The van der Waals surface area contributed by atoms with Crippen LogP contribution in [0.25, 0.3) is 5.69 Å². The number of nitrogens with two attached hydrogens (primary N) is 1. The molecule has 5 N–H and O–H groups in total. The highest BCUT2D eigenvalue weighted by molar-refractivity contribution is 6.03. The number of halogens is 4. The van der Waals surface area contributed by atoms with Crippen LogP contribution in [0.3, 0.4) is 0 Å². The molecule has 0 unspecified atom stereocenters. The highest BCUT2D eigenvalue weighted by Gasteiger charge is 2.36. The van der Waals surface area contributed by atoms with E-state index in [2.05, 4.69) is 15.7 Å². The van der Waals surface area contributed by atoms with E-state index in [1.807, 2.05) is 0 Å². The molecule has 1 fully saturated rings. The van der Waals surface area contributed by atoms with Crippen molar-refractivity contribution in [2.45, 2.75) is 31.6 Å². The summed E-state index contributed by atoms with van der Waals surface area (Å²) in [5, 5.41) is 19.9.